The van der Waals surface area contributed by atoms with Crippen LogP contribution < -0.4 is 15.4 Å². The molecule has 2 aliphatic heterocycles. The molecular weight excluding hydrogens is 484 g/mol. The largest absolute Gasteiger partial charge is 0.460 e. The molecule has 1 unspecified atom stereocenters. The van der Waals surface area contributed by atoms with Crippen molar-refractivity contribution in [1.82, 2.24) is 29.4 Å². The average Bonchev–Trinajstić information content (AvgIpc) is 3.42. The summed E-state index contributed by atoms with van der Waals surface area (Å²) < 4.78 is 7.76. The van der Waals surface area contributed by atoms with Crippen LogP contribution in [0.3, 0.4) is 0 Å². The number of anilines is 2. The number of carbonyl (C=O) groups excluding carboxylic acids is 2. The first-order chi connectivity index (χ1) is 18.5. The molecule has 0 aliphatic carbocycles. The second-order valence-corrected chi connectivity index (χ2v) is 9.92. The quantitative estimate of drug-likeness (QED) is 0.437. The smallest absolute Gasteiger partial charge is 0.322 e. The van der Waals surface area contributed by atoms with E-state index in [1.54, 1.807) is 15.6 Å². The standard InChI is InChI=1S/C27H34N8O3/c1-3-24(36)34-13-5-7-20(18-34)25(37)30-21-8-4-6-19(16-21)17-28-26-32-27(31-23-9-12-29-35(23)26)38-22-10-14-33(2)15-11-22/h3-4,6,8-9,12,16,20,22H,1,5,7,10-11,13-15,17-18H2,2H3,(H,30,37)(H,28,31,32). The summed E-state index contributed by atoms with van der Waals surface area (Å²) in [6.45, 7) is 7.07. The summed E-state index contributed by atoms with van der Waals surface area (Å²) >= 11 is 0. The zero-order valence-corrected chi connectivity index (χ0v) is 21.7. The SMILES string of the molecule is C=CC(=O)N1CCCC(C(=O)Nc2cccc(CNc3nc(OC4CCN(C)CC4)nc4ccnn34)c2)C1. The number of nitrogens with zero attached hydrogens (tertiary/aromatic N) is 6. The minimum Gasteiger partial charge on any atom is -0.460 e. The molecule has 2 fully saturated rings. The Hall–Kier alpha value is -3.99. The van der Waals surface area contributed by atoms with Crippen LogP contribution in [-0.2, 0) is 16.1 Å². The predicted molar refractivity (Wildman–Crippen MR) is 144 cm³/mol. The van der Waals surface area contributed by atoms with Crippen molar-refractivity contribution >= 4 is 29.1 Å². The number of benzene rings is 1. The van der Waals surface area contributed by atoms with Gasteiger partial charge in [0.05, 0.1) is 12.1 Å². The summed E-state index contributed by atoms with van der Waals surface area (Å²) in [7, 11) is 2.11. The molecule has 3 aromatic rings. The summed E-state index contributed by atoms with van der Waals surface area (Å²) in [5.74, 6) is 0.0750. The fraction of sp³-hybridized carbons (Fsp3) is 0.444. The molecule has 2 aliphatic rings. The molecule has 2 saturated heterocycles. The van der Waals surface area contributed by atoms with E-state index in [2.05, 4.69) is 44.2 Å². The van der Waals surface area contributed by atoms with E-state index in [0.717, 1.165) is 44.3 Å². The van der Waals surface area contributed by atoms with Gasteiger partial charge >= 0.3 is 6.01 Å². The van der Waals surface area contributed by atoms with Gasteiger partial charge in [-0.3, -0.25) is 9.59 Å². The van der Waals surface area contributed by atoms with Crippen LogP contribution in [0.15, 0.2) is 49.2 Å². The van der Waals surface area contributed by atoms with Gasteiger partial charge in [-0.15, -0.1) is 0 Å². The first-order valence-electron chi connectivity index (χ1n) is 13.1. The van der Waals surface area contributed by atoms with Gasteiger partial charge in [0.1, 0.15) is 6.10 Å². The third-order valence-electron chi connectivity index (χ3n) is 7.10. The van der Waals surface area contributed by atoms with Crippen LogP contribution in [0.4, 0.5) is 11.6 Å². The molecule has 0 spiro atoms. The molecule has 2 aromatic heterocycles. The predicted octanol–water partition coefficient (Wildman–Crippen LogP) is 2.57. The van der Waals surface area contributed by atoms with Crippen molar-refractivity contribution in [1.29, 1.82) is 0 Å². The van der Waals surface area contributed by atoms with E-state index >= 15 is 0 Å². The van der Waals surface area contributed by atoms with Crippen molar-refractivity contribution in [3.63, 3.8) is 0 Å². The molecule has 5 rings (SSSR count). The van der Waals surface area contributed by atoms with Crippen LogP contribution in [0.2, 0.25) is 0 Å². The molecule has 200 valence electrons. The highest BCUT2D eigenvalue weighted by molar-refractivity contribution is 5.94. The zero-order chi connectivity index (χ0) is 26.5. The number of nitrogens with one attached hydrogen (secondary N) is 2. The van der Waals surface area contributed by atoms with Gasteiger partial charge in [0, 0.05) is 44.5 Å². The lowest BCUT2D eigenvalue weighted by Crippen LogP contribution is -2.43. The monoisotopic (exact) mass is 518 g/mol. The molecule has 0 saturated carbocycles. The van der Waals surface area contributed by atoms with Crippen molar-refractivity contribution in [3.05, 3.63) is 54.7 Å². The Morgan fingerprint density at radius 3 is 2.82 bits per heavy atom. The summed E-state index contributed by atoms with van der Waals surface area (Å²) in [6, 6.07) is 9.83. The number of carbonyl (C=O) groups is 2. The molecular formula is C27H34N8O3. The molecule has 38 heavy (non-hydrogen) atoms. The molecule has 2 amide bonds. The van der Waals surface area contributed by atoms with E-state index in [9.17, 15) is 9.59 Å². The van der Waals surface area contributed by atoms with Crippen LogP contribution >= 0.6 is 0 Å². The number of piperidine rings is 2. The number of fused-ring (bicyclic) bond motifs is 1. The van der Waals surface area contributed by atoms with Crippen LogP contribution in [0, 0.1) is 5.92 Å². The Bertz CT molecular complexity index is 1300. The van der Waals surface area contributed by atoms with Crippen molar-refractivity contribution in [2.75, 3.05) is 43.9 Å². The van der Waals surface area contributed by atoms with Crippen LogP contribution in [0.1, 0.15) is 31.2 Å². The van der Waals surface area contributed by atoms with Gasteiger partial charge in [-0.1, -0.05) is 18.7 Å². The molecule has 0 radical (unpaired) electrons. The van der Waals surface area contributed by atoms with E-state index < -0.39 is 0 Å². The van der Waals surface area contributed by atoms with Gasteiger partial charge in [-0.05, 0) is 56.5 Å². The van der Waals surface area contributed by atoms with Crippen molar-refractivity contribution < 1.29 is 14.3 Å². The zero-order valence-electron chi connectivity index (χ0n) is 21.7. The van der Waals surface area contributed by atoms with E-state index in [1.165, 1.54) is 6.08 Å². The minimum absolute atomic E-state index is 0.0820. The fourth-order valence-electron chi connectivity index (χ4n) is 4.93. The molecule has 11 heteroatoms. The van der Waals surface area contributed by atoms with Gasteiger partial charge < -0.3 is 25.2 Å². The van der Waals surface area contributed by atoms with E-state index in [0.29, 0.717) is 42.9 Å². The topological polar surface area (TPSA) is 117 Å². The number of likely N-dealkylation sites (tertiary alicyclic amines) is 2. The summed E-state index contributed by atoms with van der Waals surface area (Å²) in [6.07, 6.45) is 6.50. The van der Waals surface area contributed by atoms with Gasteiger partial charge in [-0.2, -0.15) is 19.6 Å². The lowest BCUT2D eigenvalue weighted by Gasteiger charge is -2.31. The summed E-state index contributed by atoms with van der Waals surface area (Å²) in [5, 5.41) is 10.7. The number of amides is 2. The number of hydrogen-bond acceptors (Lipinski definition) is 8. The maximum atomic E-state index is 12.9. The molecule has 1 aromatic carbocycles. The fourth-order valence-corrected chi connectivity index (χ4v) is 4.93. The first kappa shape index (κ1) is 25.7. The second kappa shape index (κ2) is 11.6. The first-order valence-corrected chi connectivity index (χ1v) is 13.1. The van der Waals surface area contributed by atoms with Crippen molar-refractivity contribution in [3.8, 4) is 6.01 Å². The van der Waals surface area contributed by atoms with Gasteiger partial charge in [0.25, 0.3) is 0 Å². The van der Waals surface area contributed by atoms with Crippen LogP contribution in [-0.4, -0.2) is 80.5 Å². The highest BCUT2D eigenvalue weighted by Gasteiger charge is 2.27. The van der Waals surface area contributed by atoms with Crippen LogP contribution in [0.5, 0.6) is 6.01 Å². The molecule has 11 nitrogen and oxygen atoms in total. The normalized spacial score (nSPS) is 18.8. The Kier molecular flexibility index (Phi) is 7.83. The van der Waals surface area contributed by atoms with Gasteiger partial charge in [-0.25, -0.2) is 0 Å². The van der Waals surface area contributed by atoms with Crippen molar-refractivity contribution in [2.45, 2.75) is 38.3 Å². The highest BCUT2D eigenvalue weighted by atomic mass is 16.5. The van der Waals surface area contributed by atoms with Crippen molar-refractivity contribution in [2.24, 2.45) is 5.92 Å². The van der Waals surface area contributed by atoms with Crippen LogP contribution in [0.25, 0.3) is 5.65 Å². The highest BCUT2D eigenvalue weighted by Crippen LogP contribution is 2.21. The Balaban J connectivity index is 1.22. The van der Waals surface area contributed by atoms with E-state index in [4.69, 9.17) is 4.74 Å². The summed E-state index contributed by atoms with van der Waals surface area (Å²) in [5.41, 5.74) is 2.33. The number of aromatic nitrogens is 4. The molecule has 2 N–H and O–H groups in total. The van der Waals surface area contributed by atoms with E-state index in [1.807, 2.05) is 30.3 Å². The minimum atomic E-state index is -0.244. The second-order valence-electron chi connectivity index (χ2n) is 9.92. The third-order valence-corrected chi connectivity index (χ3v) is 7.10. The van der Waals surface area contributed by atoms with Gasteiger partial charge in [0.2, 0.25) is 17.8 Å². The maximum absolute atomic E-state index is 12.9. The third kappa shape index (κ3) is 6.10. The molecule has 4 heterocycles. The Morgan fingerprint density at radius 1 is 1.16 bits per heavy atom. The summed E-state index contributed by atoms with van der Waals surface area (Å²) in [4.78, 5) is 38.0. The number of rotatable bonds is 8. The van der Waals surface area contributed by atoms with Gasteiger partial charge in [0.15, 0.2) is 5.65 Å². The molecule has 1 atom stereocenters. The lowest BCUT2D eigenvalue weighted by molar-refractivity contribution is -0.130. The average molecular weight is 519 g/mol. The number of ether oxygens (including phenoxy) is 1. The Labute approximate surface area is 221 Å². The number of hydrogen-bond donors (Lipinski definition) is 2. The Morgan fingerprint density at radius 2 is 2.00 bits per heavy atom. The maximum Gasteiger partial charge on any atom is 0.322 e. The molecule has 0 bridgehead atoms. The lowest BCUT2D eigenvalue weighted by atomic mass is 9.97. The van der Waals surface area contributed by atoms with E-state index in [-0.39, 0.29) is 23.8 Å².